The quantitative estimate of drug-likeness (QED) is 0.501. The van der Waals surface area contributed by atoms with Crippen LogP contribution in [0.2, 0.25) is 5.02 Å². The molecule has 0 aromatic heterocycles. The number of amidine groups is 1. The second-order valence-electron chi connectivity index (χ2n) is 5.22. The Labute approximate surface area is 150 Å². The van der Waals surface area contributed by atoms with Gasteiger partial charge in [-0.05, 0) is 23.8 Å². The molecule has 1 N–H and O–H groups in total. The second-order valence-corrected chi connectivity index (χ2v) is 5.63. The first-order valence-corrected chi connectivity index (χ1v) is 7.53. The summed E-state index contributed by atoms with van der Waals surface area (Å²) in [5.41, 5.74) is 0.346. The number of hydrogen-bond donors (Lipinski definition) is 1. The van der Waals surface area contributed by atoms with Crippen LogP contribution in [-0.4, -0.2) is 21.6 Å². The van der Waals surface area contributed by atoms with E-state index in [1.54, 1.807) is 6.07 Å². The zero-order chi connectivity index (χ0) is 18.8. The molecule has 1 aliphatic heterocycles. The molecule has 1 aliphatic rings. The van der Waals surface area contributed by atoms with Gasteiger partial charge < -0.3 is 5.32 Å². The highest BCUT2D eigenvalue weighted by Gasteiger charge is 2.23. The van der Waals surface area contributed by atoms with E-state index in [9.17, 15) is 25.0 Å². The van der Waals surface area contributed by atoms with Gasteiger partial charge in [0.15, 0.2) is 0 Å². The van der Waals surface area contributed by atoms with Crippen molar-refractivity contribution in [3.63, 3.8) is 0 Å². The molecule has 3 rings (SSSR count). The lowest BCUT2D eigenvalue weighted by molar-refractivity contribution is -0.385. The number of carbonyl (C=O) groups excluding carboxylic acids is 1. The maximum absolute atomic E-state index is 12.1. The van der Waals surface area contributed by atoms with Gasteiger partial charge in [-0.25, -0.2) is 4.99 Å². The fraction of sp³-hybridized carbons (Fsp3) is 0. The summed E-state index contributed by atoms with van der Waals surface area (Å²) >= 11 is 5.77. The fourth-order valence-electron chi connectivity index (χ4n) is 2.29. The van der Waals surface area contributed by atoms with Crippen LogP contribution in [0, 0.1) is 20.2 Å². The Hall–Kier alpha value is -3.59. The Morgan fingerprint density at radius 2 is 1.85 bits per heavy atom. The van der Waals surface area contributed by atoms with Gasteiger partial charge in [-0.1, -0.05) is 23.7 Å². The molecule has 1 amide bonds. The predicted molar refractivity (Wildman–Crippen MR) is 93.9 cm³/mol. The first-order chi connectivity index (χ1) is 12.3. The first kappa shape index (κ1) is 17.2. The minimum absolute atomic E-state index is 0.0260. The number of hydrogen-bond acceptors (Lipinski definition) is 6. The first-order valence-electron chi connectivity index (χ1n) is 7.15. The molecule has 2 aromatic rings. The van der Waals surface area contributed by atoms with E-state index >= 15 is 0 Å². The summed E-state index contributed by atoms with van der Waals surface area (Å²) < 4.78 is 0. The van der Waals surface area contributed by atoms with E-state index in [2.05, 4.69) is 10.3 Å². The molecule has 26 heavy (non-hydrogen) atoms. The van der Waals surface area contributed by atoms with Crippen LogP contribution >= 0.6 is 11.6 Å². The molecule has 0 saturated carbocycles. The molecule has 0 spiro atoms. The smallest absolute Gasteiger partial charge is 0.288 e. The van der Waals surface area contributed by atoms with Crippen LogP contribution in [0.25, 0.3) is 6.08 Å². The van der Waals surface area contributed by atoms with Gasteiger partial charge >= 0.3 is 0 Å². The summed E-state index contributed by atoms with van der Waals surface area (Å²) in [6.07, 6.45) is 1.39. The third-order valence-electron chi connectivity index (χ3n) is 3.50. The van der Waals surface area contributed by atoms with Crippen molar-refractivity contribution in [1.82, 2.24) is 5.32 Å². The van der Waals surface area contributed by atoms with Gasteiger partial charge in [0.1, 0.15) is 16.6 Å². The summed E-state index contributed by atoms with van der Waals surface area (Å²) in [5, 5.41) is 24.3. The van der Waals surface area contributed by atoms with Crippen molar-refractivity contribution in [3.8, 4) is 0 Å². The standard InChI is InChI=1S/C16H9ClN4O5/c17-12-5-4-10(8-14(12)21(25)26)15-18-13(16(22)19-15)7-9-2-1-3-11(6-9)20(23)24/h1-8H,(H,18,19,22)/b13-7-. The third kappa shape index (κ3) is 3.42. The van der Waals surface area contributed by atoms with Crippen LogP contribution in [0.4, 0.5) is 11.4 Å². The summed E-state index contributed by atoms with van der Waals surface area (Å²) in [4.78, 5) is 36.8. The molecular weight excluding hydrogens is 364 g/mol. The number of nitrogens with zero attached hydrogens (tertiary/aromatic N) is 3. The predicted octanol–water partition coefficient (Wildman–Crippen LogP) is 3.07. The molecule has 0 unspecified atom stereocenters. The van der Waals surface area contributed by atoms with Gasteiger partial charge in [0.2, 0.25) is 0 Å². The number of amides is 1. The highest BCUT2D eigenvalue weighted by molar-refractivity contribution is 6.33. The van der Waals surface area contributed by atoms with Gasteiger partial charge in [0.25, 0.3) is 17.3 Å². The highest BCUT2D eigenvalue weighted by atomic mass is 35.5. The molecule has 0 aliphatic carbocycles. The molecule has 10 heteroatoms. The Morgan fingerprint density at radius 3 is 2.54 bits per heavy atom. The number of rotatable bonds is 4. The maximum atomic E-state index is 12.1. The van der Waals surface area contributed by atoms with Gasteiger partial charge in [0.05, 0.1) is 9.85 Å². The Morgan fingerprint density at radius 1 is 1.08 bits per heavy atom. The number of benzene rings is 2. The van der Waals surface area contributed by atoms with Crippen LogP contribution in [-0.2, 0) is 4.79 Å². The molecule has 0 bridgehead atoms. The van der Waals surface area contributed by atoms with E-state index in [4.69, 9.17) is 11.6 Å². The lowest BCUT2D eigenvalue weighted by Gasteiger charge is -2.01. The monoisotopic (exact) mass is 372 g/mol. The van der Waals surface area contributed by atoms with Crippen LogP contribution in [0.15, 0.2) is 53.2 Å². The number of nitro groups is 2. The van der Waals surface area contributed by atoms with Crippen molar-refractivity contribution in [2.75, 3.05) is 0 Å². The molecule has 1 heterocycles. The van der Waals surface area contributed by atoms with E-state index in [-0.39, 0.29) is 27.9 Å². The van der Waals surface area contributed by atoms with Crippen molar-refractivity contribution in [2.45, 2.75) is 0 Å². The molecule has 130 valence electrons. The Balaban J connectivity index is 1.97. The van der Waals surface area contributed by atoms with Crippen molar-refractivity contribution >= 4 is 40.8 Å². The van der Waals surface area contributed by atoms with Crippen molar-refractivity contribution in [1.29, 1.82) is 0 Å². The Kier molecular flexibility index (Phi) is 4.46. The SMILES string of the molecule is O=C1NC(c2ccc(Cl)c([N+](=O)[O-])c2)=N/C1=C\c1cccc([N+](=O)[O-])c1. The van der Waals surface area contributed by atoms with Crippen LogP contribution in [0.3, 0.4) is 0 Å². The van der Waals surface area contributed by atoms with Gasteiger partial charge in [0, 0.05) is 23.8 Å². The van der Waals surface area contributed by atoms with Gasteiger partial charge in [-0.15, -0.1) is 0 Å². The molecule has 9 nitrogen and oxygen atoms in total. The van der Waals surface area contributed by atoms with Crippen molar-refractivity contribution in [2.24, 2.45) is 4.99 Å². The number of aliphatic imine (C=N–C) groups is 1. The number of nitrogens with one attached hydrogen (secondary N) is 1. The third-order valence-corrected chi connectivity index (χ3v) is 3.82. The van der Waals surface area contributed by atoms with E-state index in [1.807, 2.05) is 0 Å². The van der Waals surface area contributed by atoms with Crippen LogP contribution < -0.4 is 5.32 Å². The highest BCUT2D eigenvalue weighted by Crippen LogP contribution is 2.26. The zero-order valence-electron chi connectivity index (χ0n) is 12.9. The molecule has 0 fully saturated rings. The lowest BCUT2D eigenvalue weighted by atomic mass is 10.1. The van der Waals surface area contributed by atoms with Gasteiger partial charge in [-0.2, -0.15) is 0 Å². The topological polar surface area (TPSA) is 128 Å². The molecular formula is C16H9ClN4O5. The summed E-state index contributed by atoms with van der Waals surface area (Å²) in [6.45, 7) is 0. The van der Waals surface area contributed by atoms with E-state index < -0.39 is 15.8 Å². The number of nitro benzene ring substituents is 2. The fourth-order valence-corrected chi connectivity index (χ4v) is 2.48. The van der Waals surface area contributed by atoms with E-state index in [0.29, 0.717) is 11.1 Å². The maximum Gasteiger partial charge on any atom is 0.288 e. The second kappa shape index (κ2) is 6.73. The molecule has 0 atom stereocenters. The lowest BCUT2D eigenvalue weighted by Crippen LogP contribution is -2.24. The largest absolute Gasteiger partial charge is 0.305 e. The summed E-state index contributed by atoms with van der Waals surface area (Å²) in [6, 6.07) is 9.76. The molecule has 2 aromatic carbocycles. The molecule has 0 saturated heterocycles. The van der Waals surface area contributed by atoms with Crippen molar-refractivity contribution < 1.29 is 14.6 Å². The average Bonchev–Trinajstić information content (AvgIpc) is 2.96. The number of non-ortho nitro benzene ring substituents is 1. The number of carbonyl (C=O) groups is 1. The van der Waals surface area contributed by atoms with E-state index in [1.165, 1.54) is 42.5 Å². The summed E-state index contributed by atoms with van der Waals surface area (Å²) in [7, 11) is 0. The van der Waals surface area contributed by atoms with E-state index in [0.717, 1.165) is 0 Å². The van der Waals surface area contributed by atoms with Gasteiger partial charge in [-0.3, -0.25) is 25.0 Å². The normalized spacial score (nSPS) is 14.9. The van der Waals surface area contributed by atoms with Crippen molar-refractivity contribution in [3.05, 3.63) is 84.5 Å². The molecule has 0 radical (unpaired) electrons. The van der Waals surface area contributed by atoms with Crippen LogP contribution in [0.1, 0.15) is 11.1 Å². The minimum Gasteiger partial charge on any atom is -0.305 e. The Bertz CT molecular complexity index is 1020. The zero-order valence-corrected chi connectivity index (χ0v) is 13.6. The minimum atomic E-state index is -0.636. The van der Waals surface area contributed by atoms with Crippen LogP contribution in [0.5, 0.6) is 0 Å². The summed E-state index contributed by atoms with van der Waals surface area (Å²) in [5.74, 6) is -0.393. The number of halogens is 1. The average molecular weight is 373 g/mol.